The SMILES string of the molecule is CN(C)CCCCOc1ccc(-c2cc(=O)c3ccccc3o2)cc1. The molecule has 0 amide bonds. The smallest absolute Gasteiger partial charge is 0.193 e. The van der Waals surface area contributed by atoms with Crippen LogP contribution in [0.2, 0.25) is 0 Å². The van der Waals surface area contributed by atoms with E-state index in [2.05, 4.69) is 19.0 Å². The highest BCUT2D eigenvalue weighted by Gasteiger charge is 2.06. The number of rotatable bonds is 7. The van der Waals surface area contributed by atoms with Gasteiger partial charge in [-0.25, -0.2) is 0 Å². The van der Waals surface area contributed by atoms with Crippen LogP contribution in [0.25, 0.3) is 22.3 Å². The number of hydrogen-bond donors (Lipinski definition) is 0. The van der Waals surface area contributed by atoms with Gasteiger partial charge in [0.25, 0.3) is 0 Å². The van der Waals surface area contributed by atoms with Crippen molar-refractivity contribution in [2.24, 2.45) is 0 Å². The molecule has 0 radical (unpaired) electrons. The van der Waals surface area contributed by atoms with E-state index in [9.17, 15) is 4.79 Å². The average molecular weight is 337 g/mol. The van der Waals surface area contributed by atoms with Crippen LogP contribution < -0.4 is 10.2 Å². The Morgan fingerprint density at radius 3 is 2.52 bits per heavy atom. The lowest BCUT2D eigenvalue weighted by Crippen LogP contribution is -2.13. The number of nitrogens with zero attached hydrogens (tertiary/aromatic N) is 1. The lowest BCUT2D eigenvalue weighted by Gasteiger charge is -2.10. The molecule has 0 atom stereocenters. The molecule has 0 saturated carbocycles. The Kier molecular flexibility index (Phi) is 5.51. The predicted molar refractivity (Wildman–Crippen MR) is 101 cm³/mol. The first-order valence-electron chi connectivity index (χ1n) is 8.54. The van der Waals surface area contributed by atoms with Crippen LogP contribution in [0.3, 0.4) is 0 Å². The highest BCUT2D eigenvalue weighted by atomic mass is 16.5. The lowest BCUT2D eigenvalue weighted by atomic mass is 10.1. The largest absolute Gasteiger partial charge is 0.494 e. The normalized spacial score (nSPS) is 11.2. The number of para-hydroxylation sites is 1. The van der Waals surface area contributed by atoms with Crippen LogP contribution in [-0.4, -0.2) is 32.1 Å². The van der Waals surface area contributed by atoms with Gasteiger partial charge >= 0.3 is 0 Å². The first-order chi connectivity index (χ1) is 12.1. The van der Waals surface area contributed by atoms with Crippen molar-refractivity contribution in [2.45, 2.75) is 12.8 Å². The molecule has 2 aromatic carbocycles. The van der Waals surface area contributed by atoms with Crippen LogP contribution in [0, 0.1) is 0 Å². The number of unbranched alkanes of at least 4 members (excludes halogenated alkanes) is 1. The van der Waals surface area contributed by atoms with Gasteiger partial charge in [-0.2, -0.15) is 0 Å². The maximum atomic E-state index is 12.2. The van der Waals surface area contributed by atoms with Gasteiger partial charge in [0.15, 0.2) is 5.43 Å². The minimum absolute atomic E-state index is 0.0296. The molecule has 4 heteroatoms. The van der Waals surface area contributed by atoms with E-state index in [4.69, 9.17) is 9.15 Å². The van der Waals surface area contributed by atoms with Gasteiger partial charge in [0.1, 0.15) is 17.1 Å². The maximum absolute atomic E-state index is 12.2. The Hall–Kier alpha value is -2.59. The molecule has 1 aromatic heterocycles. The van der Waals surface area contributed by atoms with Crippen LogP contribution in [0.4, 0.5) is 0 Å². The molecule has 0 spiro atoms. The van der Waals surface area contributed by atoms with Crippen LogP contribution >= 0.6 is 0 Å². The van der Waals surface area contributed by atoms with Gasteiger partial charge in [-0.05, 0) is 69.9 Å². The lowest BCUT2D eigenvalue weighted by molar-refractivity contribution is 0.293. The zero-order chi connectivity index (χ0) is 17.6. The first kappa shape index (κ1) is 17.2. The third-order valence-electron chi connectivity index (χ3n) is 4.04. The number of benzene rings is 2. The Labute approximate surface area is 147 Å². The van der Waals surface area contributed by atoms with Crippen molar-refractivity contribution in [1.82, 2.24) is 4.90 Å². The highest BCUT2D eigenvalue weighted by molar-refractivity contribution is 5.78. The van der Waals surface area contributed by atoms with Gasteiger partial charge in [-0.15, -0.1) is 0 Å². The summed E-state index contributed by atoms with van der Waals surface area (Å²) < 4.78 is 11.6. The monoisotopic (exact) mass is 337 g/mol. The molecule has 0 N–H and O–H groups in total. The fourth-order valence-corrected chi connectivity index (χ4v) is 2.68. The summed E-state index contributed by atoms with van der Waals surface area (Å²) in [4.78, 5) is 14.4. The summed E-state index contributed by atoms with van der Waals surface area (Å²) in [6, 6.07) is 16.5. The molecule has 130 valence electrons. The minimum atomic E-state index is -0.0296. The van der Waals surface area contributed by atoms with Crippen molar-refractivity contribution < 1.29 is 9.15 Å². The van der Waals surface area contributed by atoms with Crippen molar-refractivity contribution in [3.8, 4) is 17.1 Å². The second-order valence-corrected chi connectivity index (χ2v) is 6.35. The van der Waals surface area contributed by atoms with Gasteiger partial charge in [0, 0.05) is 11.6 Å². The van der Waals surface area contributed by atoms with Crippen molar-refractivity contribution in [1.29, 1.82) is 0 Å². The summed E-state index contributed by atoms with van der Waals surface area (Å²) in [5.74, 6) is 1.40. The molecular weight excluding hydrogens is 314 g/mol. The molecule has 0 fully saturated rings. The summed E-state index contributed by atoms with van der Waals surface area (Å²) in [7, 11) is 4.15. The Bertz CT molecular complexity index is 882. The Morgan fingerprint density at radius 1 is 1.00 bits per heavy atom. The molecule has 3 aromatic rings. The third-order valence-corrected chi connectivity index (χ3v) is 4.04. The molecule has 0 bridgehead atoms. The quantitative estimate of drug-likeness (QED) is 0.607. The van der Waals surface area contributed by atoms with Crippen molar-refractivity contribution in [2.75, 3.05) is 27.2 Å². The summed E-state index contributed by atoms with van der Waals surface area (Å²) in [6.45, 7) is 1.78. The van der Waals surface area contributed by atoms with Crippen molar-refractivity contribution in [3.05, 3.63) is 64.8 Å². The number of hydrogen-bond acceptors (Lipinski definition) is 4. The number of fused-ring (bicyclic) bond motifs is 1. The molecule has 25 heavy (non-hydrogen) atoms. The third kappa shape index (κ3) is 4.48. The molecular formula is C21H23NO3. The molecule has 1 heterocycles. The molecule has 0 aliphatic carbocycles. The van der Waals surface area contributed by atoms with E-state index >= 15 is 0 Å². The summed E-state index contributed by atoms with van der Waals surface area (Å²) in [6.07, 6.45) is 2.15. The fourth-order valence-electron chi connectivity index (χ4n) is 2.68. The molecule has 0 unspecified atom stereocenters. The van der Waals surface area contributed by atoms with Gasteiger partial charge in [-0.1, -0.05) is 12.1 Å². The van der Waals surface area contributed by atoms with E-state index in [1.165, 1.54) is 0 Å². The second kappa shape index (κ2) is 7.99. The zero-order valence-electron chi connectivity index (χ0n) is 14.7. The van der Waals surface area contributed by atoms with E-state index in [1.807, 2.05) is 42.5 Å². The first-order valence-corrected chi connectivity index (χ1v) is 8.54. The Morgan fingerprint density at radius 2 is 1.76 bits per heavy atom. The van der Waals surface area contributed by atoms with E-state index in [0.29, 0.717) is 23.3 Å². The van der Waals surface area contributed by atoms with Gasteiger partial charge in [0.05, 0.1) is 12.0 Å². The molecule has 0 aliphatic heterocycles. The van der Waals surface area contributed by atoms with E-state index < -0.39 is 0 Å². The van der Waals surface area contributed by atoms with Gasteiger partial charge in [0.2, 0.25) is 0 Å². The second-order valence-electron chi connectivity index (χ2n) is 6.35. The van der Waals surface area contributed by atoms with E-state index in [0.717, 1.165) is 30.7 Å². The predicted octanol–water partition coefficient (Wildman–Crippen LogP) is 4.18. The topological polar surface area (TPSA) is 42.7 Å². The molecule has 0 saturated heterocycles. The van der Waals surface area contributed by atoms with Crippen molar-refractivity contribution >= 4 is 11.0 Å². The Balaban J connectivity index is 1.67. The minimum Gasteiger partial charge on any atom is -0.494 e. The van der Waals surface area contributed by atoms with E-state index in [1.54, 1.807) is 12.1 Å². The standard InChI is InChI=1S/C21H23NO3/c1-22(2)13-5-6-14-24-17-11-9-16(10-12-17)21-15-19(23)18-7-3-4-8-20(18)25-21/h3-4,7-12,15H,5-6,13-14H2,1-2H3. The van der Waals surface area contributed by atoms with Crippen LogP contribution in [0.15, 0.2) is 63.8 Å². The van der Waals surface area contributed by atoms with Crippen molar-refractivity contribution in [3.63, 3.8) is 0 Å². The maximum Gasteiger partial charge on any atom is 0.193 e. The summed E-state index contributed by atoms with van der Waals surface area (Å²) in [5.41, 5.74) is 1.44. The van der Waals surface area contributed by atoms with E-state index in [-0.39, 0.29) is 5.43 Å². The number of ether oxygens (including phenoxy) is 1. The summed E-state index contributed by atoms with van der Waals surface area (Å²) in [5, 5.41) is 0.601. The zero-order valence-corrected chi connectivity index (χ0v) is 14.7. The van der Waals surface area contributed by atoms with Crippen LogP contribution in [0.1, 0.15) is 12.8 Å². The van der Waals surface area contributed by atoms with Crippen LogP contribution in [0.5, 0.6) is 5.75 Å². The molecule has 4 nitrogen and oxygen atoms in total. The highest BCUT2D eigenvalue weighted by Crippen LogP contribution is 2.24. The molecule has 0 aliphatic rings. The van der Waals surface area contributed by atoms with Crippen LogP contribution in [-0.2, 0) is 0 Å². The summed E-state index contributed by atoms with van der Waals surface area (Å²) >= 11 is 0. The van der Waals surface area contributed by atoms with Gasteiger partial charge in [-0.3, -0.25) is 4.79 Å². The molecule has 3 rings (SSSR count). The fraction of sp³-hybridized carbons (Fsp3) is 0.286. The van der Waals surface area contributed by atoms with Gasteiger partial charge < -0.3 is 14.1 Å². The average Bonchev–Trinajstić information content (AvgIpc) is 2.62.